The number of hydrogen-bond acceptors (Lipinski definition) is 7. The Morgan fingerprint density at radius 2 is 1.79 bits per heavy atom. The van der Waals surface area contributed by atoms with Crippen LogP contribution >= 0.6 is 0 Å². The summed E-state index contributed by atoms with van der Waals surface area (Å²) in [7, 11) is 3.16. The largest absolute Gasteiger partial charge is 0.508 e. The normalized spacial score (nSPS) is 22.1. The lowest BCUT2D eigenvalue weighted by Crippen LogP contribution is -2.38. The summed E-state index contributed by atoms with van der Waals surface area (Å²) >= 11 is 0. The molecule has 1 aliphatic heterocycles. The van der Waals surface area contributed by atoms with Gasteiger partial charge in [-0.3, -0.25) is 14.6 Å². The smallest absolute Gasteiger partial charge is 0.315 e. The van der Waals surface area contributed by atoms with Crippen LogP contribution in [0.4, 0.5) is 0 Å². The van der Waals surface area contributed by atoms with Crippen LogP contribution in [-0.4, -0.2) is 50.0 Å². The van der Waals surface area contributed by atoms with Gasteiger partial charge in [-0.2, -0.15) is 0 Å². The Balaban J connectivity index is 1.75. The van der Waals surface area contributed by atoms with Crippen molar-refractivity contribution in [3.05, 3.63) is 70.9 Å². The van der Waals surface area contributed by atoms with Crippen LogP contribution in [0.25, 0.3) is 0 Å². The molecule has 1 aliphatic carbocycles. The van der Waals surface area contributed by atoms with Gasteiger partial charge >= 0.3 is 5.97 Å². The van der Waals surface area contributed by atoms with Crippen LogP contribution in [0.3, 0.4) is 0 Å². The van der Waals surface area contributed by atoms with Gasteiger partial charge in [-0.1, -0.05) is 30.3 Å². The predicted molar refractivity (Wildman–Crippen MR) is 127 cm³/mol. The first-order valence-corrected chi connectivity index (χ1v) is 11.3. The first-order chi connectivity index (χ1) is 16.4. The number of esters is 1. The number of ketones is 1. The Morgan fingerprint density at radius 1 is 1.06 bits per heavy atom. The van der Waals surface area contributed by atoms with Crippen molar-refractivity contribution in [2.45, 2.75) is 31.6 Å². The van der Waals surface area contributed by atoms with E-state index in [0.717, 1.165) is 16.9 Å². The molecule has 1 N–H and O–H groups in total. The number of benzene rings is 2. The van der Waals surface area contributed by atoms with Gasteiger partial charge in [0, 0.05) is 42.3 Å². The van der Waals surface area contributed by atoms with Crippen LogP contribution in [0.1, 0.15) is 42.7 Å². The molecule has 2 aromatic carbocycles. The summed E-state index contributed by atoms with van der Waals surface area (Å²) in [5.74, 6) is -0.949. The minimum Gasteiger partial charge on any atom is -0.508 e. The third kappa shape index (κ3) is 4.61. The average molecular weight is 464 g/mol. The molecule has 2 aliphatic rings. The number of phenols is 1. The quantitative estimate of drug-likeness (QED) is 0.489. The summed E-state index contributed by atoms with van der Waals surface area (Å²) in [4.78, 5) is 31.5. The molecule has 0 radical (unpaired) electrons. The number of carbonyl (C=O) groups excluding carboxylic acids is 2. The van der Waals surface area contributed by atoms with E-state index in [1.54, 1.807) is 38.3 Å². The molecule has 0 bridgehead atoms. The fourth-order valence-electron chi connectivity index (χ4n) is 4.95. The van der Waals surface area contributed by atoms with E-state index < -0.39 is 17.8 Å². The molecule has 0 spiro atoms. The molecule has 1 heterocycles. The maximum atomic E-state index is 13.6. The number of allylic oxidation sites excluding steroid dienone is 2. The van der Waals surface area contributed by atoms with Crippen LogP contribution in [-0.2, 0) is 19.1 Å². The van der Waals surface area contributed by atoms with Crippen molar-refractivity contribution < 1.29 is 28.9 Å². The highest BCUT2D eigenvalue weighted by Crippen LogP contribution is 2.48. The van der Waals surface area contributed by atoms with Gasteiger partial charge in [-0.15, -0.1) is 0 Å². The van der Waals surface area contributed by atoms with E-state index in [2.05, 4.69) is 0 Å². The molecule has 0 fully saturated rings. The SMILES string of the molecule is COCCOC(=O)C1C(C)=NC2=C(C(=O)CC(c3ccccc3OC)C2)C1c1ccc(O)cc1. The van der Waals surface area contributed by atoms with Gasteiger partial charge in [-0.05, 0) is 42.7 Å². The summed E-state index contributed by atoms with van der Waals surface area (Å²) in [5.41, 5.74) is 3.59. The summed E-state index contributed by atoms with van der Waals surface area (Å²) in [6, 6.07) is 14.3. The number of aromatic hydroxyl groups is 1. The number of nitrogens with zero attached hydrogens (tertiary/aromatic N) is 1. The Kier molecular flexibility index (Phi) is 7.12. The number of aliphatic imine (C=N–C) groups is 1. The summed E-state index contributed by atoms with van der Waals surface area (Å²) in [6.45, 7) is 2.21. The minimum absolute atomic E-state index is 0.0406. The van der Waals surface area contributed by atoms with E-state index >= 15 is 0 Å². The molecule has 0 aromatic heterocycles. The maximum absolute atomic E-state index is 13.6. The van der Waals surface area contributed by atoms with Gasteiger partial charge in [0.1, 0.15) is 24.0 Å². The van der Waals surface area contributed by atoms with Gasteiger partial charge in [0.05, 0.1) is 13.7 Å². The maximum Gasteiger partial charge on any atom is 0.315 e. The number of methoxy groups -OCH3 is 2. The summed E-state index contributed by atoms with van der Waals surface area (Å²) in [6.07, 6.45) is 0.868. The Morgan fingerprint density at radius 3 is 2.50 bits per heavy atom. The lowest BCUT2D eigenvalue weighted by atomic mass is 9.69. The highest BCUT2D eigenvalue weighted by atomic mass is 16.6. The second kappa shape index (κ2) is 10.2. The lowest BCUT2D eigenvalue weighted by Gasteiger charge is -2.36. The number of phenolic OH excluding ortho intramolecular Hbond substituents is 1. The van der Waals surface area contributed by atoms with Gasteiger partial charge in [-0.25, -0.2) is 0 Å². The molecule has 0 saturated heterocycles. The molecule has 34 heavy (non-hydrogen) atoms. The Bertz CT molecular complexity index is 1130. The fraction of sp³-hybridized carbons (Fsp3) is 0.370. The monoisotopic (exact) mass is 463 g/mol. The topological polar surface area (TPSA) is 94.4 Å². The highest BCUT2D eigenvalue weighted by molar-refractivity contribution is 6.09. The lowest BCUT2D eigenvalue weighted by molar-refractivity contribution is -0.147. The van der Waals surface area contributed by atoms with Crippen LogP contribution in [0.2, 0.25) is 0 Å². The third-order valence-corrected chi connectivity index (χ3v) is 6.51. The molecular weight excluding hydrogens is 434 g/mol. The summed E-state index contributed by atoms with van der Waals surface area (Å²) in [5, 5.41) is 9.80. The fourth-order valence-corrected chi connectivity index (χ4v) is 4.95. The van der Waals surface area contributed by atoms with Gasteiger partial charge in [0.15, 0.2) is 5.78 Å². The van der Waals surface area contributed by atoms with Crippen molar-refractivity contribution in [1.82, 2.24) is 0 Å². The van der Waals surface area contributed by atoms with Gasteiger partial charge in [0.2, 0.25) is 0 Å². The van der Waals surface area contributed by atoms with E-state index in [4.69, 9.17) is 19.2 Å². The molecule has 4 rings (SSSR count). The molecule has 0 amide bonds. The molecule has 7 nitrogen and oxygen atoms in total. The van der Waals surface area contributed by atoms with Crippen LogP contribution in [0.15, 0.2) is 64.8 Å². The first kappa shape index (κ1) is 23.7. The number of Topliss-reactive ketones (excluding diaryl/α,β-unsaturated/α-hetero) is 1. The summed E-state index contributed by atoms with van der Waals surface area (Å²) < 4.78 is 16.0. The third-order valence-electron chi connectivity index (χ3n) is 6.51. The van der Waals surface area contributed by atoms with E-state index in [9.17, 15) is 14.7 Å². The van der Waals surface area contributed by atoms with E-state index in [1.165, 1.54) is 7.11 Å². The molecule has 2 aromatic rings. The average Bonchev–Trinajstić information content (AvgIpc) is 2.83. The zero-order valence-electron chi connectivity index (χ0n) is 19.6. The predicted octanol–water partition coefficient (Wildman–Crippen LogP) is 4.17. The van der Waals surface area contributed by atoms with Crippen molar-refractivity contribution in [3.63, 3.8) is 0 Å². The second-order valence-electron chi connectivity index (χ2n) is 8.59. The van der Waals surface area contributed by atoms with Gasteiger partial charge < -0.3 is 19.3 Å². The highest BCUT2D eigenvalue weighted by Gasteiger charge is 2.45. The standard InChI is InChI=1S/C27H29NO6/c1-16-24(27(31)34-13-12-32-2)25(17-8-10-19(29)11-9-17)26-21(28-16)14-18(15-22(26)30)20-6-4-5-7-23(20)33-3/h4-11,18,24-25,29H,12-15H2,1-3H3. The van der Waals surface area contributed by atoms with Crippen molar-refractivity contribution in [2.24, 2.45) is 10.9 Å². The second-order valence-corrected chi connectivity index (χ2v) is 8.59. The molecule has 178 valence electrons. The number of para-hydroxylation sites is 1. The number of carbonyl (C=O) groups is 2. The molecule has 3 unspecified atom stereocenters. The molecule has 3 atom stereocenters. The van der Waals surface area contributed by atoms with Crippen molar-refractivity contribution >= 4 is 17.5 Å². The Labute approximate surface area is 199 Å². The van der Waals surface area contributed by atoms with Crippen LogP contribution in [0.5, 0.6) is 11.5 Å². The van der Waals surface area contributed by atoms with E-state index in [1.807, 2.05) is 24.3 Å². The van der Waals surface area contributed by atoms with Crippen LogP contribution < -0.4 is 4.74 Å². The minimum atomic E-state index is -0.730. The van der Waals surface area contributed by atoms with Crippen molar-refractivity contribution in [1.29, 1.82) is 0 Å². The van der Waals surface area contributed by atoms with Gasteiger partial charge in [0.25, 0.3) is 0 Å². The number of hydrogen-bond donors (Lipinski definition) is 1. The number of ether oxygens (including phenoxy) is 3. The van der Waals surface area contributed by atoms with E-state index in [-0.39, 0.29) is 30.7 Å². The first-order valence-electron chi connectivity index (χ1n) is 11.3. The van der Waals surface area contributed by atoms with Crippen molar-refractivity contribution in [3.8, 4) is 11.5 Å². The zero-order chi connectivity index (χ0) is 24.2. The van der Waals surface area contributed by atoms with Crippen LogP contribution in [0, 0.1) is 5.92 Å². The zero-order valence-corrected chi connectivity index (χ0v) is 19.6. The molecular formula is C27H29NO6. The number of rotatable bonds is 7. The Hall–Kier alpha value is -3.45. The molecule has 7 heteroatoms. The van der Waals surface area contributed by atoms with E-state index in [0.29, 0.717) is 29.8 Å². The molecule has 0 saturated carbocycles. The van der Waals surface area contributed by atoms with Crippen molar-refractivity contribution in [2.75, 3.05) is 27.4 Å².